The van der Waals surface area contributed by atoms with Crippen molar-refractivity contribution in [2.45, 2.75) is 23.5 Å². The number of thioether (sulfide) groups is 1. The third-order valence-corrected chi connectivity index (χ3v) is 6.48. The summed E-state index contributed by atoms with van der Waals surface area (Å²) in [5, 5.41) is 0.787. The molecule has 1 saturated heterocycles. The highest BCUT2D eigenvalue weighted by atomic mass is 32.2. The second kappa shape index (κ2) is 8.39. The van der Waals surface area contributed by atoms with Crippen LogP contribution >= 0.6 is 35.7 Å². The molecular weight excluding hydrogens is 406 g/mol. The Kier molecular flexibility index (Phi) is 5.71. The molecule has 1 aliphatic rings. The highest BCUT2D eigenvalue weighted by molar-refractivity contribution is 8.26. The SMILES string of the molecule is Cc1ccc(Sc2ccc(C=C3SC(=S)N(Cc4ccccc4)C3=O)o2)cc1. The summed E-state index contributed by atoms with van der Waals surface area (Å²) in [6.07, 6.45) is 1.77. The molecule has 28 heavy (non-hydrogen) atoms. The fourth-order valence-electron chi connectivity index (χ4n) is 2.72. The first-order valence-corrected chi connectivity index (χ1v) is 10.8. The molecule has 0 unspecified atom stereocenters. The summed E-state index contributed by atoms with van der Waals surface area (Å²) in [6, 6.07) is 21.9. The number of thiocarbonyl (C=S) groups is 1. The van der Waals surface area contributed by atoms with E-state index in [1.54, 1.807) is 22.7 Å². The molecule has 1 amide bonds. The molecule has 1 aliphatic heterocycles. The number of furan rings is 1. The fourth-order valence-corrected chi connectivity index (χ4v) is 4.73. The predicted octanol–water partition coefficient (Wildman–Crippen LogP) is 6.14. The normalized spacial score (nSPS) is 15.6. The predicted molar refractivity (Wildman–Crippen MR) is 119 cm³/mol. The van der Waals surface area contributed by atoms with Gasteiger partial charge in [-0.05, 0) is 36.8 Å². The van der Waals surface area contributed by atoms with Crippen LogP contribution in [0.4, 0.5) is 0 Å². The van der Waals surface area contributed by atoms with Crippen molar-refractivity contribution in [1.82, 2.24) is 4.90 Å². The van der Waals surface area contributed by atoms with E-state index in [1.807, 2.05) is 42.5 Å². The second-order valence-electron chi connectivity index (χ2n) is 6.33. The fraction of sp³-hybridized carbons (Fsp3) is 0.0909. The van der Waals surface area contributed by atoms with Gasteiger partial charge in [-0.15, -0.1) is 0 Å². The highest BCUT2D eigenvalue weighted by Gasteiger charge is 2.32. The molecular formula is C22H17NO2S3. The number of aryl methyl sites for hydroxylation is 1. The van der Waals surface area contributed by atoms with E-state index in [4.69, 9.17) is 16.6 Å². The van der Waals surface area contributed by atoms with Gasteiger partial charge < -0.3 is 4.42 Å². The van der Waals surface area contributed by atoms with Crippen molar-refractivity contribution < 1.29 is 9.21 Å². The topological polar surface area (TPSA) is 33.5 Å². The minimum absolute atomic E-state index is 0.0806. The zero-order chi connectivity index (χ0) is 19.5. The van der Waals surface area contributed by atoms with Crippen LogP contribution in [0.5, 0.6) is 0 Å². The van der Waals surface area contributed by atoms with Gasteiger partial charge in [-0.1, -0.05) is 83.8 Å². The quantitative estimate of drug-likeness (QED) is 0.364. The molecule has 0 spiro atoms. The molecule has 1 fully saturated rings. The summed E-state index contributed by atoms with van der Waals surface area (Å²) < 4.78 is 6.45. The summed E-state index contributed by atoms with van der Waals surface area (Å²) >= 11 is 8.27. The number of nitrogens with zero attached hydrogens (tertiary/aromatic N) is 1. The van der Waals surface area contributed by atoms with Gasteiger partial charge in [-0.3, -0.25) is 9.69 Å². The van der Waals surface area contributed by atoms with E-state index in [0.717, 1.165) is 15.6 Å². The van der Waals surface area contributed by atoms with Crippen LogP contribution in [0.1, 0.15) is 16.9 Å². The Balaban J connectivity index is 1.47. The maximum absolute atomic E-state index is 12.8. The van der Waals surface area contributed by atoms with E-state index in [1.165, 1.54) is 17.3 Å². The number of carbonyl (C=O) groups excluding carboxylic acids is 1. The largest absolute Gasteiger partial charge is 0.450 e. The van der Waals surface area contributed by atoms with Crippen LogP contribution in [0.25, 0.3) is 6.08 Å². The standard InChI is InChI=1S/C22H17NO2S3/c1-15-7-10-18(11-8-15)27-20-12-9-17(25-20)13-19-21(24)23(22(26)28-19)14-16-5-3-2-4-6-16/h2-13H,14H2,1H3. The Hall–Kier alpha value is -2.28. The number of benzene rings is 2. The number of amides is 1. The molecule has 0 aliphatic carbocycles. The van der Waals surface area contributed by atoms with Crippen LogP contribution < -0.4 is 0 Å². The Bertz CT molecular complexity index is 1040. The van der Waals surface area contributed by atoms with Crippen LogP contribution in [-0.2, 0) is 11.3 Å². The molecule has 6 heteroatoms. The Morgan fingerprint density at radius 2 is 1.82 bits per heavy atom. The molecule has 0 bridgehead atoms. The van der Waals surface area contributed by atoms with Gasteiger partial charge in [0.2, 0.25) is 0 Å². The number of carbonyl (C=O) groups is 1. The minimum atomic E-state index is -0.0806. The Morgan fingerprint density at radius 1 is 1.07 bits per heavy atom. The first kappa shape index (κ1) is 19.1. The van der Waals surface area contributed by atoms with Crippen molar-refractivity contribution in [2.24, 2.45) is 0 Å². The lowest BCUT2D eigenvalue weighted by atomic mass is 10.2. The van der Waals surface area contributed by atoms with Gasteiger partial charge >= 0.3 is 0 Å². The van der Waals surface area contributed by atoms with Crippen LogP contribution in [0.15, 0.2) is 86.0 Å². The van der Waals surface area contributed by atoms with Crippen LogP contribution in [0, 0.1) is 6.92 Å². The Labute approximate surface area is 177 Å². The van der Waals surface area contributed by atoms with Crippen LogP contribution in [0.2, 0.25) is 0 Å². The van der Waals surface area contributed by atoms with Crippen molar-refractivity contribution in [3.63, 3.8) is 0 Å². The lowest BCUT2D eigenvalue weighted by Crippen LogP contribution is -2.27. The first-order chi connectivity index (χ1) is 13.6. The highest BCUT2D eigenvalue weighted by Crippen LogP contribution is 2.35. The van der Waals surface area contributed by atoms with Crippen molar-refractivity contribution in [3.05, 3.63) is 88.5 Å². The van der Waals surface area contributed by atoms with Gasteiger partial charge in [0, 0.05) is 11.0 Å². The zero-order valence-corrected chi connectivity index (χ0v) is 17.6. The van der Waals surface area contributed by atoms with Gasteiger partial charge in [0.05, 0.1) is 11.4 Å². The zero-order valence-electron chi connectivity index (χ0n) is 15.1. The molecule has 2 heterocycles. The lowest BCUT2D eigenvalue weighted by molar-refractivity contribution is -0.122. The molecule has 3 aromatic rings. The molecule has 3 nitrogen and oxygen atoms in total. The molecule has 2 aromatic carbocycles. The summed E-state index contributed by atoms with van der Waals surface area (Å²) in [4.78, 5) is 16.1. The van der Waals surface area contributed by atoms with Crippen molar-refractivity contribution >= 4 is 52.0 Å². The van der Waals surface area contributed by atoms with E-state index in [9.17, 15) is 4.79 Å². The lowest BCUT2D eigenvalue weighted by Gasteiger charge is -2.14. The van der Waals surface area contributed by atoms with Gasteiger partial charge in [-0.25, -0.2) is 0 Å². The minimum Gasteiger partial charge on any atom is -0.450 e. The maximum atomic E-state index is 12.8. The molecule has 4 rings (SSSR count). The second-order valence-corrected chi connectivity index (χ2v) is 9.08. The van der Waals surface area contributed by atoms with E-state index >= 15 is 0 Å². The molecule has 0 atom stereocenters. The van der Waals surface area contributed by atoms with Crippen molar-refractivity contribution in [3.8, 4) is 0 Å². The van der Waals surface area contributed by atoms with E-state index in [2.05, 4.69) is 31.2 Å². The van der Waals surface area contributed by atoms with Gasteiger partial charge in [0.1, 0.15) is 10.1 Å². The van der Waals surface area contributed by atoms with Crippen LogP contribution in [-0.4, -0.2) is 15.1 Å². The summed E-state index contributed by atoms with van der Waals surface area (Å²) in [6.45, 7) is 2.54. The monoisotopic (exact) mass is 423 g/mol. The summed E-state index contributed by atoms with van der Waals surface area (Å²) in [7, 11) is 0. The van der Waals surface area contributed by atoms with Crippen LogP contribution in [0.3, 0.4) is 0 Å². The average Bonchev–Trinajstić information content (AvgIpc) is 3.24. The summed E-state index contributed by atoms with van der Waals surface area (Å²) in [5.41, 5.74) is 2.27. The molecule has 140 valence electrons. The number of rotatable bonds is 5. The van der Waals surface area contributed by atoms with Gasteiger partial charge in [0.15, 0.2) is 5.09 Å². The smallest absolute Gasteiger partial charge is 0.266 e. The van der Waals surface area contributed by atoms with Gasteiger partial charge in [0.25, 0.3) is 5.91 Å². The third-order valence-electron chi connectivity index (χ3n) is 4.17. The third kappa shape index (κ3) is 4.41. The molecule has 1 aromatic heterocycles. The summed E-state index contributed by atoms with van der Waals surface area (Å²) in [5.74, 6) is 0.567. The maximum Gasteiger partial charge on any atom is 0.266 e. The van der Waals surface area contributed by atoms with Crippen molar-refractivity contribution in [1.29, 1.82) is 0 Å². The number of hydrogen-bond acceptors (Lipinski definition) is 5. The van der Waals surface area contributed by atoms with E-state index in [0.29, 0.717) is 21.5 Å². The van der Waals surface area contributed by atoms with Crippen molar-refractivity contribution in [2.75, 3.05) is 0 Å². The van der Waals surface area contributed by atoms with E-state index in [-0.39, 0.29) is 5.91 Å². The Morgan fingerprint density at radius 3 is 2.57 bits per heavy atom. The first-order valence-electron chi connectivity index (χ1n) is 8.72. The average molecular weight is 424 g/mol. The molecule has 0 N–H and O–H groups in total. The molecule has 0 radical (unpaired) electrons. The molecule has 0 saturated carbocycles. The number of hydrogen-bond donors (Lipinski definition) is 0. The van der Waals surface area contributed by atoms with E-state index < -0.39 is 0 Å². The van der Waals surface area contributed by atoms with Gasteiger partial charge in [-0.2, -0.15) is 0 Å².